The number of hydrogen-bond acceptors (Lipinski definition) is 5. The molecule has 0 aliphatic heterocycles. The molecule has 9 heteroatoms. The van der Waals surface area contributed by atoms with Gasteiger partial charge in [0.2, 0.25) is 0 Å². The van der Waals surface area contributed by atoms with E-state index in [1.54, 1.807) is 14.0 Å². The van der Waals surface area contributed by atoms with Gasteiger partial charge in [-0.1, -0.05) is 55.5 Å². The molecule has 0 bridgehead atoms. The normalized spacial score (nSPS) is 13.0. The Labute approximate surface area is 196 Å². The first-order valence-corrected chi connectivity index (χ1v) is 11.0. The van der Waals surface area contributed by atoms with Crippen molar-refractivity contribution in [1.29, 1.82) is 0 Å². The highest BCUT2D eigenvalue weighted by molar-refractivity contribution is 6.01. The summed E-state index contributed by atoms with van der Waals surface area (Å²) in [5, 5.41) is 18.3. The molecule has 3 aromatic rings. The zero-order valence-corrected chi connectivity index (χ0v) is 18.9. The van der Waals surface area contributed by atoms with Gasteiger partial charge in [0, 0.05) is 19.5 Å². The molecule has 1 aliphatic carbocycles. The molecule has 1 heterocycles. The number of carboxylic acid groups (broad SMARTS) is 1. The summed E-state index contributed by atoms with van der Waals surface area (Å²) >= 11 is 0. The summed E-state index contributed by atoms with van der Waals surface area (Å²) in [6.07, 6.45) is 0.966. The number of carboxylic acids is 1. The Bertz CT molecular complexity index is 1190. The highest BCUT2D eigenvalue weighted by atomic mass is 16.5. The molecule has 2 amide bonds. The van der Waals surface area contributed by atoms with Crippen LogP contribution >= 0.6 is 0 Å². The fourth-order valence-corrected chi connectivity index (χ4v) is 4.15. The van der Waals surface area contributed by atoms with Crippen molar-refractivity contribution in [3.05, 3.63) is 71.5 Å². The van der Waals surface area contributed by atoms with Gasteiger partial charge in [0.05, 0.1) is 17.8 Å². The lowest BCUT2D eigenvalue weighted by atomic mass is 9.98. The minimum absolute atomic E-state index is 0.0777. The van der Waals surface area contributed by atoms with E-state index in [4.69, 9.17) is 9.84 Å². The van der Waals surface area contributed by atoms with Gasteiger partial charge in [-0.2, -0.15) is 5.10 Å². The Kier molecular flexibility index (Phi) is 6.62. The van der Waals surface area contributed by atoms with Crippen LogP contribution in [0.3, 0.4) is 0 Å². The van der Waals surface area contributed by atoms with Crippen LogP contribution < -0.4 is 10.6 Å². The van der Waals surface area contributed by atoms with Gasteiger partial charge in [-0.15, -0.1) is 0 Å². The molecule has 0 spiro atoms. The molecule has 9 nitrogen and oxygen atoms in total. The number of carbonyl (C=O) groups is 3. The molecule has 1 unspecified atom stereocenters. The Morgan fingerprint density at radius 3 is 2.32 bits per heavy atom. The fraction of sp³-hybridized carbons (Fsp3) is 0.280. The highest BCUT2D eigenvalue weighted by Gasteiger charge is 2.29. The van der Waals surface area contributed by atoms with Gasteiger partial charge < -0.3 is 15.2 Å². The maximum Gasteiger partial charge on any atom is 0.411 e. The highest BCUT2D eigenvalue weighted by Crippen LogP contribution is 2.44. The van der Waals surface area contributed by atoms with Crippen LogP contribution in [0.4, 0.5) is 10.5 Å². The molecule has 0 radical (unpaired) electrons. The smallest absolute Gasteiger partial charge is 0.411 e. The Morgan fingerprint density at radius 1 is 1.09 bits per heavy atom. The number of anilines is 1. The lowest BCUT2D eigenvalue weighted by Gasteiger charge is -2.15. The molecule has 0 saturated heterocycles. The number of ether oxygens (including phenoxy) is 1. The van der Waals surface area contributed by atoms with Gasteiger partial charge in [0.1, 0.15) is 12.3 Å². The molecular weight excluding hydrogens is 436 g/mol. The number of aromatic nitrogens is 2. The summed E-state index contributed by atoms with van der Waals surface area (Å²) in [6.45, 7) is 1.90. The van der Waals surface area contributed by atoms with E-state index in [9.17, 15) is 14.4 Å². The van der Waals surface area contributed by atoms with E-state index in [2.05, 4.69) is 27.9 Å². The van der Waals surface area contributed by atoms with Crippen molar-refractivity contribution in [3.63, 3.8) is 0 Å². The monoisotopic (exact) mass is 462 g/mol. The van der Waals surface area contributed by atoms with Gasteiger partial charge in [0.15, 0.2) is 0 Å². The van der Waals surface area contributed by atoms with Gasteiger partial charge in [-0.25, -0.2) is 4.79 Å². The number of fused-ring (bicyclic) bond motifs is 3. The van der Waals surface area contributed by atoms with E-state index in [0.29, 0.717) is 0 Å². The predicted molar refractivity (Wildman–Crippen MR) is 126 cm³/mol. The second-order valence-electron chi connectivity index (χ2n) is 8.26. The van der Waals surface area contributed by atoms with Crippen molar-refractivity contribution < 1.29 is 24.2 Å². The molecule has 1 atom stereocenters. The largest absolute Gasteiger partial charge is 0.481 e. The fourth-order valence-electron chi connectivity index (χ4n) is 4.15. The number of amides is 2. The van der Waals surface area contributed by atoms with E-state index in [1.165, 1.54) is 10.9 Å². The molecule has 1 aliphatic rings. The van der Waals surface area contributed by atoms with Crippen LogP contribution in [-0.4, -0.2) is 46.0 Å². The lowest BCUT2D eigenvalue weighted by Crippen LogP contribution is -2.29. The number of aliphatic carboxylic acids is 1. The number of hydrogen-bond donors (Lipinski definition) is 3. The number of nitrogens with one attached hydrogen (secondary N) is 2. The molecule has 1 aromatic heterocycles. The Hall–Kier alpha value is -4.14. The maximum absolute atomic E-state index is 12.6. The third-order valence-electron chi connectivity index (χ3n) is 6.02. The van der Waals surface area contributed by atoms with Crippen molar-refractivity contribution in [1.82, 2.24) is 15.1 Å². The van der Waals surface area contributed by atoms with Gasteiger partial charge >= 0.3 is 12.1 Å². The van der Waals surface area contributed by atoms with Crippen LogP contribution in [0.15, 0.2) is 54.7 Å². The van der Waals surface area contributed by atoms with Crippen LogP contribution in [0.5, 0.6) is 0 Å². The average molecular weight is 463 g/mol. The van der Waals surface area contributed by atoms with Gasteiger partial charge in [-0.05, 0) is 28.7 Å². The van der Waals surface area contributed by atoms with E-state index < -0.39 is 23.9 Å². The number of benzene rings is 2. The molecule has 4 rings (SSSR count). The second-order valence-corrected chi connectivity index (χ2v) is 8.26. The standard InChI is InChI=1S/C25H26N4O5/c1-15(24(31)32)11-12-26-23(30)22-21(13-27-29(22)2)28-25(33)34-14-20-18-9-5-3-7-16(18)17-8-4-6-10-19(17)20/h3-10,13,15,20H,11-12,14H2,1-2H3,(H,26,30)(H,28,33)(H,31,32). The van der Waals surface area contributed by atoms with Crippen molar-refractivity contribution >= 4 is 23.7 Å². The predicted octanol–water partition coefficient (Wildman–Crippen LogP) is 3.62. The van der Waals surface area contributed by atoms with Crippen molar-refractivity contribution in [2.75, 3.05) is 18.5 Å². The summed E-state index contributed by atoms with van der Waals surface area (Å²) in [4.78, 5) is 36.1. The topological polar surface area (TPSA) is 123 Å². The van der Waals surface area contributed by atoms with Crippen LogP contribution in [-0.2, 0) is 16.6 Å². The summed E-state index contributed by atoms with van der Waals surface area (Å²) in [7, 11) is 1.58. The first kappa shape index (κ1) is 23.0. The van der Waals surface area contributed by atoms with E-state index in [0.717, 1.165) is 22.3 Å². The molecule has 2 aromatic carbocycles. The minimum atomic E-state index is -0.924. The van der Waals surface area contributed by atoms with Gasteiger partial charge in [-0.3, -0.25) is 19.6 Å². The first-order chi connectivity index (χ1) is 16.4. The average Bonchev–Trinajstić information content (AvgIpc) is 3.34. The van der Waals surface area contributed by atoms with Crippen LogP contribution in [0.25, 0.3) is 11.1 Å². The second kappa shape index (κ2) is 9.78. The van der Waals surface area contributed by atoms with Crippen LogP contribution in [0.1, 0.15) is 40.9 Å². The molecule has 0 fully saturated rings. The van der Waals surface area contributed by atoms with Crippen LogP contribution in [0, 0.1) is 5.92 Å². The Morgan fingerprint density at radius 2 is 1.71 bits per heavy atom. The number of nitrogens with zero attached hydrogens (tertiary/aromatic N) is 2. The lowest BCUT2D eigenvalue weighted by molar-refractivity contribution is -0.141. The van der Waals surface area contributed by atoms with Crippen molar-refractivity contribution in [2.45, 2.75) is 19.3 Å². The number of rotatable bonds is 8. The SMILES string of the molecule is CC(CCNC(=O)c1c(NC(=O)OCC2c3ccccc3-c3ccccc32)cnn1C)C(=O)O. The molecular formula is C25H26N4O5. The van der Waals surface area contributed by atoms with E-state index in [1.807, 2.05) is 36.4 Å². The molecule has 3 N–H and O–H groups in total. The van der Waals surface area contributed by atoms with Crippen molar-refractivity contribution in [2.24, 2.45) is 13.0 Å². The molecule has 0 saturated carbocycles. The zero-order valence-electron chi connectivity index (χ0n) is 18.9. The maximum atomic E-state index is 12.6. The minimum Gasteiger partial charge on any atom is -0.481 e. The molecule has 176 valence electrons. The van der Waals surface area contributed by atoms with Gasteiger partial charge in [0.25, 0.3) is 5.91 Å². The molecule has 34 heavy (non-hydrogen) atoms. The Balaban J connectivity index is 1.39. The first-order valence-electron chi connectivity index (χ1n) is 11.0. The quantitative estimate of drug-likeness (QED) is 0.470. The summed E-state index contributed by atoms with van der Waals surface area (Å²) in [5.41, 5.74) is 4.84. The van der Waals surface area contributed by atoms with Crippen LogP contribution in [0.2, 0.25) is 0 Å². The third kappa shape index (κ3) is 4.63. The summed E-state index contributed by atoms with van der Waals surface area (Å²) in [6, 6.07) is 16.1. The number of aryl methyl sites for hydroxylation is 1. The van der Waals surface area contributed by atoms with E-state index in [-0.39, 0.29) is 36.9 Å². The van der Waals surface area contributed by atoms with E-state index >= 15 is 0 Å². The zero-order chi connectivity index (χ0) is 24.2. The third-order valence-corrected chi connectivity index (χ3v) is 6.02. The summed E-state index contributed by atoms with van der Waals surface area (Å²) < 4.78 is 6.88. The van der Waals surface area contributed by atoms with Crippen molar-refractivity contribution in [3.8, 4) is 11.1 Å². The number of carbonyl (C=O) groups excluding carboxylic acids is 2. The summed E-state index contributed by atoms with van der Waals surface area (Å²) in [5.74, 6) is -2.05.